The van der Waals surface area contributed by atoms with Crippen molar-refractivity contribution in [3.05, 3.63) is 0 Å². The first-order valence-corrected chi connectivity index (χ1v) is 7.57. The van der Waals surface area contributed by atoms with E-state index in [0.29, 0.717) is 6.04 Å². The lowest BCUT2D eigenvalue weighted by atomic mass is 10.2. The summed E-state index contributed by atoms with van der Waals surface area (Å²) in [6.07, 6.45) is 2.47. The molecule has 1 rings (SSSR count). The van der Waals surface area contributed by atoms with E-state index in [2.05, 4.69) is 34.4 Å². The summed E-state index contributed by atoms with van der Waals surface area (Å²) in [7, 11) is 3.97. The van der Waals surface area contributed by atoms with E-state index in [9.17, 15) is 0 Å². The zero-order valence-electron chi connectivity index (χ0n) is 13.0. The van der Waals surface area contributed by atoms with Gasteiger partial charge in [-0.2, -0.15) is 0 Å². The molecule has 1 aliphatic rings. The summed E-state index contributed by atoms with van der Waals surface area (Å²) < 4.78 is 5.31. The van der Waals surface area contributed by atoms with Gasteiger partial charge in [-0.3, -0.25) is 4.90 Å². The van der Waals surface area contributed by atoms with Crippen molar-refractivity contribution < 1.29 is 4.74 Å². The van der Waals surface area contributed by atoms with E-state index >= 15 is 0 Å². The number of nitrogens with zero attached hydrogens (tertiary/aromatic N) is 2. The Kier molecular flexibility index (Phi) is 9.38. The minimum atomic E-state index is 0.529. The molecule has 1 aliphatic heterocycles. The minimum Gasteiger partial charge on any atom is -0.369 e. The zero-order chi connectivity index (χ0) is 13.9. The molecule has 0 aromatic carbocycles. The van der Waals surface area contributed by atoms with Crippen LogP contribution in [0.2, 0.25) is 0 Å². The summed E-state index contributed by atoms with van der Waals surface area (Å²) in [5, 5.41) is 7.06. The molecule has 0 aliphatic carbocycles. The summed E-state index contributed by atoms with van der Waals surface area (Å²) in [5.74, 6) is 0. The highest BCUT2D eigenvalue weighted by Gasteiger charge is 2.13. The van der Waals surface area contributed by atoms with Gasteiger partial charge in [-0.15, -0.1) is 0 Å². The Balaban J connectivity index is 2.38. The second kappa shape index (κ2) is 10.6. The molecule has 0 saturated carbocycles. The fourth-order valence-electron chi connectivity index (χ4n) is 2.36. The first-order valence-electron chi connectivity index (χ1n) is 7.57. The normalized spacial score (nSPS) is 27.0. The van der Waals surface area contributed by atoms with Crippen molar-refractivity contribution in [2.24, 2.45) is 0 Å². The van der Waals surface area contributed by atoms with Gasteiger partial charge in [0.25, 0.3) is 0 Å². The summed E-state index contributed by atoms with van der Waals surface area (Å²) >= 11 is 0. The van der Waals surface area contributed by atoms with Gasteiger partial charge in [-0.25, -0.2) is 0 Å². The van der Waals surface area contributed by atoms with Crippen LogP contribution in [0, 0.1) is 0 Å². The van der Waals surface area contributed by atoms with Crippen molar-refractivity contribution in [3.8, 4) is 0 Å². The Morgan fingerprint density at radius 2 is 1.79 bits per heavy atom. The van der Waals surface area contributed by atoms with E-state index in [4.69, 9.17) is 4.74 Å². The summed E-state index contributed by atoms with van der Waals surface area (Å²) in [6.45, 7) is 10.7. The Morgan fingerprint density at radius 3 is 2.53 bits per heavy atom. The van der Waals surface area contributed by atoms with Crippen molar-refractivity contribution >= 4 is 0 Å². The third-order valence-corrected chi connectivity index (χ3v) is 3.75. The summed E-state index contributed by atoms with van der Waals surface area (Å²) in [6, 6.07) is 0.529. The molecule has 2 N–H and O–H groups in total. The highest BCUT2D eigenvalue weighted by atomic mass is 16.5. The third kappa shape index (κ3) is 7.84. The number of hydrogen-bond acceptors (Lipinski definition) is 5. The van der Waals surface area contributed by atoms with Crippen molar-refractivity contribution in [2.75, 3.05) is 66.7 Å². The number of ether oxygens (including phenoxy) is 1. The summed E-state index contributed by atoms with van der Waals surface area (Å²) in [4.78, 5) is 4.80. The van der Waals surface area contributed by atoms with Gasteiger partial charge < -0.3 is 20.3 Å². The second-order valence-electron chi connectivity index (χ2n) is 5.54. The number of nitrogens with one attached hydrogen (secondary N) is 2. The smallest absolute Gasteiger partial charge is 0.0989 e. The highest BCUT2D eigenvalue weighted by molar-refractivity contribution is 4.69. The molecular weight excluding hydrogens is 240 g/mol. The van der Waals surface area contributed by atoms with E-state index in [0.717, 1.165) is 52.5 Å². The predicted octanol–water partition coefficient (Wildman–Crippen LogP) is 0.186. The van der Waals surface area contributed by atoms with Gasteiger partial charge in [0.1, 0.15) is 0 Å². The van der Waals surface area contributed by atoms with Crippen molar-refractivity contribution in [1.29, 1.82) is 0 Å². The summed E-state index contributed by atoms with van der Waals surface area (Å²) in [5.41, 5.74) is 0. The van der Waals surface area contributed by atoms with Gasteiger partial charge in [0, 0.05) is 52.4 Å². The number of rotatable bonds is 2. The van der Waals surface area contributed by atoms with E-state index in [1.807, 2.05) is 0 Å². The van der Waals surface area contributed by atoms with Gasteiger partial charge in [-0.1, -0.05) is 0 Å². The molecule has 19 heavy (non-hydrogen) atoms. The van der Waals surface area contributed by atoms with Crippen LogP contribution in [0.25, 0.3) is 0 Å². The Bertz CT molecular complexity index is 216. The van der Waals surface area contributed by atoms with E-state index in [1.54, 1.807) is 7.11 Å². The average molecular weight is 272 g/mol. The molecule has 1 heterocycles. The topological polar surface area (TPSA) is 39.8 Å². The van der Waals surface area contributed by atoms with Gasteiger partial charge in [-0.05, 0) is 33.4 Å². The molecule has 114 valence electrons. The fourth-order valence-corrected chi connectivity index (χ4v) is 2.36. The van der Waals surface area contributed by atoms with E-state index < -0.39 is 0 Å². The molecule has 5 nitrogen and oxygen atoms in total. The highest BCUT2D eigenvalue weighted by Crippen LogP contribution is 2.02. The van der Waals surface area contributed by atoms with Crippen LogP contribution in [0.5, 0.6) is 0 Å². The van der Waals surface area contributed by atoms with Gasteiger partial charge in [0.05, 0.1) is 6.73 Å². The predicted molar refractivity (Wildman–Crippen MR) is 80.5 cm³/mol. The monoisotopic (exact) mass is 272 g/mol. The van der Waals surface area contributed by atoms with Crippen LogP contribution >= 0.6 is 0 Å². The van der Waals surface area contributed by atoms with Crippen LogP contribution in [0.4, 0.5) is 0 Å². The molecule has 0 aromatic rings. The maximum absolute atomic E-state index is 5.31. The Morgan fingerprint density at radius 1 is 1.05 bits per heavy atom. The van der Waals surface area contributed by atoms with E-state index in [1.165, 1.54) is 12.8 Å². The first-order chi connectivity index (χ1) is 9.24. The molecule has 0 radical (unpaired) electrons. The first kappa shape index (κ1) is 16.9. The molecule has 0 aromatic heterocycles. The second-order valence-corrected chi connectivity index (χ2v) is 5.54. The van der Waals surface area contributed by atoms with Gasteiger partial charge in [0.2, 0.25) is 0 Å². The van der Waals surface area contributed by atoms with Gasteiger partial charge in [0.15, 0.2) is 0 Å². The van der Waals surface area contributed by atoms with Crippen LogP contribution in [0.3, 0.4) is 0 Å². The maximum Gasteiger partial charge on any atom is 0.0989 e. The van der Waals surface area contributed by atoms with Crippen molar-refractivity contribution in [3.63, 3.8) is 0 Å². The lowest BCUT2D eigenvalue weighted by Gasteiger charge is -2.29. The molecule has 5 heteroatoms. The fraction of sp³-hybridized carbons (Fsp3) is 1.00. The number of hydrogen-bond donors (Lipinski definition) is 2. The molecule has 0 spiro atoms. The van der Waals surface area contributed by atoms with Crippen molar-refractivity contribution in [2.45, 2.75) is 25.8 Å². The van der Waals surface area contributed by atoms with Crippen LogP contribution < -0.4 is 10.6 Å². The number of likely N-dealkylation sites (N-methyl/N-ethyl adjacent to an activating group) is 1. The Hall–Kier alpha value is -0.200. The molecule has 0 bridgehead atoms. The van der Waals surface area contributed by atoms with Crippen LogP contribution in [-0.2, 0) is 4.74 Å². The SMILES string of the molecule is COCN1CCCCNCCN(C)CCNCC1C. The molecular formula is C14H32N4O. The number of methoxy groups -OCH3 is 1. The van der Waals surface area contributed by atoms with Crippen LogP contribution in [-0.4, -0.2) is 82.5 Å². The average Bonchev–Trinajstić information content (AvgIpc) is 2.40. The lowest BCUT2D eigenvalue weighted by Crippen LogP contribution is -2.44. The maximum atomic E-state index is 5.31. The quantitative estimate of drug-likeness (QED) is 0.751. The molecule has 0 amide bonds. The Labute approximate surface area is 118 Å². The van der Waals surface area contributed by atoms with Crippen LogP contribution in [0.1, 0.15) is 19.8 Å². The standard InChI is InChI=1S/C14H32N4O/c1-14-12-16-8-11-17(2)10-7-15-6-4-5-9-18(14)13-19-3/h14-16H,4-13H2,1-3H3. The lowest BCUT2D eigenvalue weighted by molar-refractivity contribution is 0.0366. The molecule has 1 atom stereocenters. The largest absolute Gasteiger partial charge is 0.369 e. The zero-order valence-corrected chi connectivity index (χ0v) is 13.0. The molecule has 1 fully saturated rings. The van der Waals surface area contributed by atoms with Crippen LogP contribution in [0.15, 0.2) is 0 Å². The van der Waals surface area contributed by atoms with E-state index in [-0.39, 0.29) is 0 Å². The minimum absolute atomic E-state index is 0.529. The van der Waals surface area contributed by atoms with Gasteiger partial charge >= 0.3 is 0 Å². The molecule has 1 unspecified atom stereocenters. The van der Waals surface area contributed by atoms with Crippen molar-refractivity contribution in [1.82, 2.24) is 20.4 Å². The molecule has 1 saturated heterocycles. The third-order valence-electron chi connectivity index (χ3n) is 3.75.